The van der Waals surface area contributed by atoms with Gasteiger partial charge in [-0.2, -0.15) is 0 Å². The van der Waals surface area contributed by atoms with Crippen LogP contribution in [0.4, 0.5) is 0 Å². The lowest BCUT2D eigenvalue weighted by Crippen LogP contribution is -2.17. The van der Waals surface area contributed by atoms with Gasteiger partial charge >= 0.3 is 0 Å². The molecule has 0 spiro atoms. The average Bonchev–Trinajstić information content (AvgIpc) is 2.62. The molecule has 0 radical (unpaired) electrons. The molecule has 2 nitrogen and oxygen atoms in total. The molecule has 1 aliphatic rings. The number of rotatable bonds is 2. The third kappa shape index (κ3) is 1.53. The molecule has 1 heterocycles. The molecule has 2 unspecified atom stereocenters. The average molecular weight is 210 g/mol. The first kappa shape index (κ1) is 9.95. The molecular formula is C11H15O2P. The van der Waals surface area contributed by atoms with Gasteiger partial charge in [-0.25, -0.2) is 0 Å². The van der Waals surface area contributed by atoms with Crippen LogP contribution in [0.3, 0.4) is 0 Å². The molecule has 0 aromatic heterocycles. The summed E-state index contributed by atoms with van der Waals surface area (Å²) in [6.45, 7) is 0.0617. The van der Waals surface area contributed by atoms with Crippen LogP contribution in [0, 0.1) is 0 Å². The van der Waals surface area contributed by atoms with Gasteiger partial charge in [-0.15, -0.1) is 0 Å². The van der Waals surface area contributed by atoms with Gasteiger partial charge < -0.3 is 9.67 Å². The van der Waals surface area contributed by atoms with Crippen LogP contribution >= 0.6 is 7.14 Å². The van der Waals surface area contributed by atoms with Crippen molar-refractivity contribution in [2.24, 2.45) is 0 Å². The van der Waals surface area contributed by atoms with E-state index < -0.39 is 7.14 Å². The number of hydrogen-bond acceptors (Lipinski definition) is 2. The Morgan fingerprint density at radius 1 is 1.36 bits per heavy atom. The van der Waals surface area contributed by atoms with Gasteiger partial charge in [0.1, 0.15) is 7.14 Å². The standard InChI is InChI=1S/C11H15O2P/c12-9-11-7-4-8-14(11,13)10-5-2-1-3-6-10/h1-3,5-6,11-12H,4,7-9H2. The Morgan fingerprint density at radius 2 is 2.07 bits per heavy atom. The van der Waals surface area contributed by atoms with Crippen molar-refractivity contribution in [2.45, 2.75) is 18.5 Å². The van der Waals surface area contributed by atoms with Gasteiger partial charge in [0.15, 0.2) is 0 Å². The summed E-state index contributed by atoms with van der Waals surface area (Å²) in [4.78, 5) is 0. The van der Waals surface area contributed by atoms with Crippen molar-refractivity contribution in [2.75, 3.05) is 12.8 Å². The number of hydrogen-bond donors (Lipinski definition) is 1. The quantitative estimate of drug-likeness (QED) is 0.756. The second-order valence-corrected chi connectivity index (χ2v) is 7.12. The maximum absolute atomic E-state index is 12.6. The van der Waals surface area contributed by atoms with E-state index in [-0.39, 0.29) is 12.3 Å². The van der Waals surface area contributed by atoms with Crippen LogP contribution in [0.25, 0.3) is 0 Å². The first-order chi connectivity index (χ1) is 6.77. The number of benzene rings is 1. The highest BCUT2D eigenvalue weighted by Gasteiger charge is 2.38. The van der Waals surface area contributed by atoms with E-state index in [1.807, 2.05) is 30.3 Å². The van der Waals surface area contributed by atoms with Gasteiger partial charge in [0.05, 0.1) is 6.61 Å². The van der Waals surface area contributed by atoms with E-state index in [2.05, 4.69) is 0 Å². The van der Waals surface area contributed by atoms with Crippen LogP contribution in [0.15, 0.2) is 30.3 Å². The highest BCUT2D eigenvalue weighted by molar-refractivity contribution is 7.72. The molecule has 1 saturated heterocycles. The lowest BCUT2D eigenvalue weighted by atomic mass is 10.3. The molecule has 1 fully saturated rings. The van der Waals surface area contributed by atoms with Crippen molar-refractivity contribution in [3.05, 3.63) is 30.3 Å². The van der Waals surface area contributed by atoms with Crippen molar-refractivity contribution in [1.82, 2.24) is 0 Å². The van der Waals surface area contributed by atoms with E-state index in [0.29, 0.717) is 0 Å². The summed E-state index contributed by atoms with van der Waals surface area (Å²) < 4.78 is 12.6. The summed E-state index contributed by atoms with van der Waals surface area (Å²) in [5, 5.41) is 10.1. The van der Waals surface area contributed by atoms with Gasteiger partial charge in [-0.1, -0.05) is 30.3 Å². The molecule has 1 aliphatic heterocycles. The maximum atomic E-state index is 12.6. The minimum absolute atomic E-state index is 0.00454. The Kier molecular flexibility index (Phi) is 2.76. The van der Waals surface area contributed by atoms with Crippen LogP contribution in [0.5, 0.6) is 0 Å². The van der Waals surface area contributed by atoms with Gasteiger partial charge in [-0.05, 0) is 12.8 Å². The molecule has 1 aromatic rings. The van der Waals surface area contributed by atoms with Crippen LogP contribution < -0.4 is 5.30 Å². The summed E-state index contributed by atoms with van der Waals surface area (Å²) in [5.74, 6) is 0. The summed E-state index contributed by atoms with van der Waals surface area (Å²) in [6, 6.07) is 9.62. The van der Waals surface area contributed by atoms with Crippen LogP contribution in [-0.4, -0.2) is 23.5 Å². The van der Waals surface area contributed by atoms with Crippen molar-refractivity contribution < 1.29 is 9.67 Å². The van der Waals surface area contributed by atoms with E-state index in [9.17, 15) is 9.67 Å². The van der Waals surface area contributed by atoms with Gasteiger partial charge in [-0.3, -0.25) is 0 Å². The zero-order valence-corrected chi connectivity index (χ0v) is 8.99. The molecule has 0 aliphatic carbocycles. The van der Waals surface area contributed by atoms with Crippen molar-refractivity contribution in [1.29, 1.82) is 0 Å². The Balaban J connectivity index is 2.37. The molecule has 2 atom stereocenters. The Bertz CT molecular complexity index is 348. The predicted octanol–water partition coefficient (Wildman–Crippen LogP) is 1.83. The van der Waals surface area contributed by atoms with E-state index in [0.717, 1.165) is 24.3 Å². The van der Waals surface area contributed by atoms with E-state index in [1.54, 1.807) is 0 Å². The molecule has 76 valence electrons. The normalized spacial score (nSPS) is 31.9. The minimum atomic E-state index is -2.28. The fraction of sp³-hybridized carbons (Fsp3) is 0.455. The third-order valence-corrected chi connectivity index (χ3v) is 6.78. The Labute approximate surface area is 84.3 Å². The predicted molar refractivity (Wildman–Crippen MR) is 58.7 cm³/mol. The third-order valence-electron chi connectivity index (χ3n) is 3.02. The number of aliphatic hydroxyl groups excluding tert-OH is 1. The molecule has 1 N–H and O–H groups in total. The zero-order valence-electron chi connectivity index (χ0n) is 8.10. The Hall–Kier alpha value is -0.590. The fourth-order valence-electron chi connectivity index (χ4n) is 2.20. The minimum Gasteiger partial charge on any atom is -0.396 e. The summed E-state index contributed by atoms with van der Waals surface area (Å²) in [7, 11) is -2.28. The van der Waals surface area contributed by atoms with Gasteiger partial charge in [0.25, 0.3) is 0 Å². The number of aliphatic hydroxyl groups is 1. The second-order valence-electron chi connectivity index (χ2n) is 3.83. The largest absolute Gasteiger partial charge is 0.396 e. The first-order valence-corrected chi connectivity index (χ1v) is 6.99. The van der Waals surface area contributed by atoms with Gasteiger partial charge in [0.2, 0.25) is 0 Å². The van der Waals surface area contributed by atoms with Crippen molar-refractivity contribution in [3.8, 4) is 0 Å². The lowest BCUT2D eigenvalue weighted by molar-refractivity contribution is 0.289. The van der Waals surface area contributed by atoms with E-state index in [4.69, 9.17) is 0 Å². The van der Waals surface area contributed by atoms with Crippen LogP contribution in [-0.2, 0) is 4.57 Å². The summed E-state index contributed by atoms with van der Waals surface area (Å²) in [6.07, 6.45) is 2.66. The molecule has 0 bridgehead atoms. The molecule has 0 saturated carbocycles. The topological polar surface area (TPSA) is 37.3 Å². The van der Waals surface area contributed by atoms with Crippen molar-refractivity contribution in [3.63, 3.8) is 0 Å². The smallest absolute Gasteiger partial charge is 0.120 e. The molecule has 14 heavy (non-hydrogen) atoms. The van der Waals surface area contributed by atoms with E-state index in [1.165, 1.54) is 0 Å². The lowest BCUT2D eigenvalue weighted by Gasteiger charge is -2.18. The monoisotopic (exact) mass is 210 g/mol. The second kappa shape index (κ2) is 3.88. The maximum Gasteiger partial charge on any atom is 0.120 e. The SMILES string of the molecule is O=P1(c2ccccc2)CCCC1CO. The molecular weight excluding hydrogens is 195 g/mol. The van der Waals surface area contributed by atoms with Crippen LogP contribution in [0.1, 0.15) is 12.8 Å². The highest BCUT2D eigenvalue weighted by atomic mass is 31.2. The summed E-state index contributed by atoms with van der Waals surface area (Å²) in [5.41, 5.74) is 0.00454. The summed E-state index contributed by atoms with van der Waals surface area (Å²) >= 11 is 0. The van der Waals surface area contributed by atoms with E-state index >= 15 is 0 Å². The van der Waals surface area contributed by atoms with Crippen molar-refractivity contribution >= 4 is 12.4 Å². The molecule has 3 heteroatoms. The Morgan fingerprint density at radius 3 is 2.71 bits per heavy atom. The van der Waals surface area contributed by atoms with Crippen LogP contribution in [0.2, 0.25) is 0 Å². The first-order valence-electron chi connectivity index (χ1n) is 5.02. The molecule has 1 aromatic carbocycles. The fourth-order valence-corrected chi connectivity index (χ4v) is 5.43. The zero-order chi connectivity index (χ0) is 10.0. The highest BCUT2D eigenvalue weighted by Crippen LogP contribution is 2.56. The molecule has 0 amide bonds. The molecule has 2 rings (SSSR count). The van der Waals surface area contributed by atoms with Gasteiger partial charge in [0, 0.05) is 17.1 Å².